The molecule has 2 atom stereocenters. The Morgan fingerprint density at radius 1 is 1.58 bits per heavy atom. The molecule has 0 bridgehead atoms. The van der Waals surface area contributed by atoms with Crippen LogP contribution in [-0.2, 0) is 4.79 Å². The Balaban J connectivity index is 2.49. The minimum absolute atomic E-state index is 0.109. The molecule has 1 aliphatic carbocycles. The lowest BCUT2D eigenvalue weighted by Crippen LogP contribution is -1.93. The molecule has 0 unspecified atom stereocenters. The third-order valence-electron chi connectivity index (χ3n) is 2.59. The van der Waals surface area contributed by atoms with Gasteiger partial charge in [0.05, 0.1) is 0 Å². The molecule has 0 N–H and O–H groups in total. The average molecular weight is 161 g/mol. The van der Waals surface area contributed by atoms with Crippen molar-refractivity contribution in [3.8, 4) is 0 Å². The summed E-state index contributed by atoms with van der Waals surface area (Å²) in [5, 5.41) is 0. The van der Waals surface area contributed by atoms with Crippen molar-refractivity contribution in [3.05, 3.63) is 29.6 Å². The van der Waals surface area contributed by atoms with Gasteiger partial charge >= 0.3 is 0 Å². The van der Waals surface area contributed by atoms with Crippen LogP contribution in [0.15, 0.2) is 18.5 Å². The maximum atomic E-state index is 10.7. The smallest absolute Gasteiger partial charge is 0.127 e. The zero-order valence-electron chi connectivity index (χ0n) is 7.03. The largest absolute Gasteiger partial charge is 0.303 e. The van der Waals surface area contributed by atoms with Gasteiger partial charge in [0, 0.05) is 18.3 Å². The molecule has 1 heterocycles. The van der Waals surface area contributed by atoms with Gasteiger partial charge in [-0.15, -0.1) is 0 Å². The predicted molar refractivity (Wildman–Crippen MR) is 46.1 cm³/mol. The van der Waals surface area contributed by atoms with Crippen molar-refractivity contribution < 1.29 is 4.79 Å². The van der Waals surface area contributed by atoms with Crippen molar-refractivity contribution in [1.82, 2.24) is 4.98 Å². The summed E-state index contributed by atoms with van der Waals surface area (Å²) in [6.45, 7) is 2.14. The standard InChI is InChI=1S/C10H11NO/c1-7-4-8(6-12)9-2-3-11-5-10(7)9/h2-3,5-8H,4H2,1H3/t7-,8-/m0/s1. The van der Waals surface area contributed by atoms with Crippen LogP contribution < -0.4 is 0 Å². The van der Waals surface area contributed by atoms with E-state index in [1.54, 1.807) is 6.20 Å². The second-order valence-corrected chi connectivity index (χ2v) is 3.38. The summed E-state index contributed by atoms with van der Waals surface area (Å²) >= 11 is 0. The van der Waals surface area contributed by atoms with Crippen LogP contribution >= 0.6 is 0 Å². The Labute approximate surface area is 71.6 Å². The van der Waals surface area contributed by atoms with Crippen molar-refractivity contribution in [2.24, 2.45) is 0 Å². The fraction of sp³-hybridized carbons (Fsp3) is 0.400. The molecule has 2 nitrogen and oxygen atoms in total. The highest BCUT2D eigenvalue weighted by molar-refractivity contribution is 5.65. The molecule has 12 heavy (non-hydrogen) atoms. The van der Waals surface area contributed by atoms with E-state index in [0.717, 1.165) is 12.7 Å². The van der Waals surface area contributed by atoms with Gasteiger partial charge in [-0.2, -0.15) is 0 Å². The van der Waals surface area contributed by atoms with Gasteiger partial charge in [-0.3, -0.25) is 4.98 Å². The zero-order chi connectivity index (χ0) is 8.55. The number of aromatic nitrogens is 1. The molecule has 0 amide bonds. The first kappa shape index (κ1) is 7.47. The number of hydrogen-bond donors (Lipinski definition) is 0. The Hall–Kier alpha value is -1.18. The lowest BCUT2D eigenvalue weighted by atomic mass is 10.0. The molecule has 2 rings (SSSR count). The highest BCUT2D eigenvalue weighted by atomic mass is 16.1. The lowest BCUT2D eigenvalue weighted by molar-refractivity contribution is -0.109. The van der Waals surface area contributed by atoms with Crippen LogP contribution in [0.1, 0.15) is 36.3 Å². The van der Waals surface area contributed by atoms with Gasteiger partial charge < -0.3 is 4.79 Å². The molecule has 2 heteroatoms. The van der Waals surface area contributed by atoms with Gasteiger partial charge in [0.25, 0.3) is 0 Å². The quantitative estimate of drug-likeness (QED) is 0.588. The normalized spacial score (nSPS) is 26.8. The maximum Gasteiger partial charge on any atom is 0.127 e. The zero-order valence-corrected chi connectivity index (χ0v) is 7.03. The van der Waals surface area contributed by atoms with E-state index in [0.29, 0.717) is 5.92 Å². The molecule has 1 aliphatic rings. The number of fused-ring (bicyclic) bond motifs is 1. The number of nitrogens with zero attached hydrogens (tertiary/aromatic N) is 1. The SMILES string of the molecule is C[C@H]1C[C@@H](C=O)c2ccncc21. The second kappa shape index (κ2) is 2.70. The summed E-state index contributed by atoms with van der Waals surface area (Å²) in [5.41, 5.74) is 2.42. The molecule has 1 aromatic rings. The Morgan fingerprint density at radius 2 is 2.42 bits per heavy atom. The third kappa shape index (κ3) is 0.951. The molecule has 0 aromatic carbocycles. The van der Waals surface area contributed by atoms with Crippen LogP contribution in [0.5, 0.6) is 0 Å². The van der Waals surface area contributed by atoms with Crippen LogP contribution in [0.4, 0.5) is 0 Å². The van der Waals surface area contributed by atoms with Crippen LogP contribution in [0.3, 0.4) is 0 Å². The summed E-state index contributed by atoms with van der Waals surface area (Å²) in [7, 11) is 0. The molecular formula is C10H11NO. The molecule has 0 saturated carbocycles. The van der Waals surface area contributed by atoms with Crippen molar-refractivity contribution in [2.45, 2.75) is 25.2 Å². The first-order valence-corrected chi connectivity index (χ1v) is 4.22. The van der Waals surface area contributed by atoms with Gasteiger partial charge in [-0.1, -0.05) is 6.92 Å². The van der Waals surface area contributed by atoms with E-state index >= 15 is 0 Å². The highest BCUT2D eigenvalue weighted by Gasteiger charge is 2.27. The number of pyridine rings is 1. The Morgan fingerprint density at radius 3 is 3.17 bits per heavy atom. The number of carbonyl (C=O) groups excluding carboxylic acids is 1. The van der Waals surface area contributed by atoms with E-state index in [2.05, 4.69) is 11.9 Å². The van der Waals surface area contributed by atoms with Gasteiger partial charge in [0.1, 0.15) is 6.29 Å². The Bertz CT molecular complexity index is 308. The van der Waals surface area contributed by atoms with Gasteiger partial charge in [0.15, 0.2) is 0 Å². The molecule has 62 valence electrons. The summed E-state index contributed by atoms with van der Waals surface area (Å²) in [5.74, 6) is 0.599. The van der Waals surface area contributed by atoms with E-state index in [1.807, 2.05) is 12.3 Å². The van der Waals surface area contributed by atoms with Crippen molar-refractivity contribution >= 4 is 6.29 Å². The fourth-order valence-electron chi connectivity index (χ4n) is 1.93. The molecule has 1 aromatic heterocycles. The topological polar surface area (TPSA) is 30.0 Å². The Kier molecular flexibility index (Phi) is 1.68. The monoisotopic (exact) mass is 161 g/mol. The van der Waals surface area contributed by atoms with Crippen LogP contribution in [0.2, 0.25) is 0 Å². The van der Waals surface area contributed by atoms with Crippen molar-refractivity contribution in [3.63, 3.8) is 0 Å². The number of hydrogen-bond acceptors (Lipinski definition) is 2. The lowest BCUT2D eigenvalue weighted by Gasteiger charge is -2.00. The van der Waals surface area contributed by atoms with E-state index in [1.165, 1.54) is 11.1 Å². The second-order valence-electron chi connectivity index (χ2n) is 3.38. The van der Waals surface area contributed by atoms with E-state index in [9.17, 15) is 4.79 Å². The fourth-order valence-corrected chi connectivity index (χ4v) is 1.93. The molecule has 0 spiro atoms. The van der Waals surface area contributed by atoms with Crippen molar-refractivity contribution in [1.29, 1.82) is 0 Å². The predicted octanol–water partition coefficient (Wildman–Crippen LogP) is 1.87. The first-order chi connectivity index (χ1) is 5.83. The highest BCUT2D eigenvalue weighted by Crippen LogP contribution is 2.39. The summed E-state index contributed by atoms with van der Waals surface area (Å²) in [6.07, 6.45) is 5.63. The van der Waals surface area contributed by atoms with Crippen LogP contribution in [0, 0.1) is 0 Å². The molecule has 0 fully saturated rings. The molecular weight excluding hydrogens is 150 g/mol. The van der Waals surface area contributed by atoms with Crippen molar-refractivity contribution in [2.75, 3.05) is 0 Å². The molecule has 0 saturated heterocycles. The van der Waals surface area contributed by atoms with Gasteiger partial charge in [-0.05, 0) is 29.5 Å². The molecule has 0 aliphatic heterocycles. The van der Waals surface area contributed by atoms with Gasteiger partial charge in [0.2, 0.25) is 0 Å². The number of rotatable bonds is 1. The number of aldehydes is 1. The van der Waals surface area contributed by atoms with E-state index in [4.69, 9.17) is 0 Å². The minimum atomic E-state index is 0.109. The van der Waals surface area contributed by atoms with Gasteiger partial charge in [-0.25, -0.2) is 0 Å². The number of carbonyl (C=O) groups is 1. The third-order valence-corrected chi connectivity index (χ3v) is 2.59. The first-order valence-electron chi connectivity index (χ1n) is 4.22. The van der Waals surface area contributed by atoms with Crippen LogP contribution in [0.25, 0.3) is 0 Å². The average Bonchev–Trinajstić information content (AvgIpc) is 2.44. The maximum absolute atomic E-state index is 10.7. The summed E-state index contributed by atoms with van der Waals surface area (Å²) in [4.78, 5) is 14.8. The molecule has 0 radical (unpaired) electrons. The van der Waals surface area contributed by atoms with E-state index in [-0.39, 0.29) is 5.92 Å². The minimum Gasteiger partial charge on any atom is -0.303 e. The van der Waals surface area contributed by atoms with Crippen LogP contribution in [-0.4, -0.2) is 11.3 Å². The van der Waals surface area contributed by atoms with E-state index < -0.39 is 0 Å². The summed E-state index contributed by atoms with van der Waals surface area (Å²) in [6, 6.07) is 1.96. The summed E-state index contributed by atoms with van der Waals surface area (Å²) < 4.78 is 0.